The third-order valence-electron chi connectivity index (χ3n) is 3.10. The highest BCUT2D eigenvalue weighted by atomic mass is 15.1. The molecule has 0 bridgehead atoms. The Balaban J connectivity index is 2.19. The lowest BCUT2D eigenvalue weighted by Crippen LogP contribution is -2.38. The fraction of sp³-hybridized carbons (Fsp3) is 1.00. The number of hydrogen-bond acceptors (Lipinski definition) is 2. The van der Waals surface area contributed by atoms with Gasteiger partial charge in [0.2, 0.25) is 0 Å². The molecule has 0 unspecified atom stereocenters. The van der Waals surface area contributed by atoms with Crippen molar-refractivity contribution in [2.24, 2.45) is 11.7 Å². The van der Waals surface area contributed by atoms with Gasteiger partial charge >= 0.3 is 0 Å². The van der Waals surface area contributed by atoms with Crippen molar-refractivity contribution in [3.05, 3.63) is 0 Å². The van der Waals surface area contributed by atoms with E-state index in [-0.39, 0.29) is 0 Å². The lowest BCUT2D eigenvalue weighted by atomic mass is 9.85. The minimum absolute atomic E-state index is 0.687. The first-order valence-corrected chi connectivity index (χ1v) is 5.68. The van der Waals surface area contributed by atoms with E-state index in [4.69, 9.17) is 5.73 Å². The number of hydrogen-bond donors (Lipinski definition) is 1. The summed E-state index contributed by atoms with van der Waals surface area (Å²) in [6, 6.07) is 0.687. The van der Waals surface area contributed by atoms with Crippen LogP contribution in [0.2, 0.25) is 0 Å². The number of nitrogens with two attached hydrogens (primary N) is 1. The van der Waals surface area contributed by atoms with Crippen molar-refractivity contribution in [3.8, 4) is 0 Å². The molecular formula is C11H24N2. The van der Waals surface area contributed by atoms with Gasteiger partial charge in [0.15, 0.2) is 0 Å². The summed E-state index contributed by atoms with van der Waals surface area (Å²) < 4.78 is 0. The van der Waals surface area contributed by atoms with Gasteiger partial charge in [0, 0.05) is 12.6 Å². The molecule has 1 aliphatic carbocycles. The fourth-order valence-corrected chi connectivity index (χ4v) is 1.86. The highest BCUT2D eigenvalue weighted by Gasteiger charge is 2.21. The fourth-order valence-electron chi connectivity index (χ4n) is 1.86. The molecule has 0 aromatic heterocycles. The van der Waals surface area contributed by atoms with E-state index in [2.05, 4.69) is 18.7 Å². The molecule has 2 heteroatoms. The van der Waals surface area contributed by atoms with Gasteiger partial charge in [0.25, 0.3) is 0 Å². The topological polar surface area (TPSA) is 29.3 Å². The lowest BCUT2D eigenvalue weighted by molar-refractivity contribution is 0.146. The molecule has 0 heterocycles. The van der Waals surface area contributed by atoms with Crippen LogP contribution in [-0.2, 0) is 0 Å². The molecule has 2 N–H and O–H groups in total. The molecule has 1 rings (SSSR count). The molecule has 0 aromatic rings. The van der Waals surface area contributed by atoms with Gasteiger partial charge in [-0.05, 0) is 52.1 Å². The van der Waals surface area contributed by atoms with Crippen LogP contribution < -0.4 is 5.73 Å². The quantitative estimate of drug-likeness (QED) is 0.682. The van der Waals surface area contributed by atoms with Crippen molar-refractivity contribution in [2.75, 3.05) is 19.6 Å². The van der Waals surface area contributed by atoms with Crippen molar-refractivity contribution in [2.45, 2.75) is 45.6 Å². The van der Waals surface area contributed by atoms with Crippen LogP contribution in [0.25, 0.3) is 0 Å². The van der Waals surface area contributed by atoms with Gasteiger partial charge in [-0.15, -0.1) is 0 Å². The van der Waals surface area contributed by atoms with Gasteiger partial charge in [0.1, 0.15) is 0 Å². The third kappa shape index (κ3) is 3.65. The van der Waals surface area contributed by atoms with E-state index in [0.717, 1.165) is 18.9 Å². The summed E-state index contributed by atoms with van der Waals surface area (Å²) in [4.78, 5) is 2.58. The average molecular weight is 184 g/mol. The summed E-state index contributed by atoms with van der Waals surface area (Å²) in [5, 5.41) is 0. The second-order valence-corrected chi connectivity index (χ2v) is 4.53. The predicted molar refractivity (Wildman–Crippen MR) is 57.7 cm³/mol. The van der Waals surface area contributed by atoms with Gasteiger partial charge < -0.3 is 10.6 Å². The monoisotopic (exact) mass is 184 g/mol. The normalized spacial score (nSPS) is 18.2. The SMILES string of the molecule is CC(C)N(CCCN)CC1CCC1. The van der Waals surface area contributed by atoms with E-state index in [1.807, 2.05) is 0 Å². The van der Waals surface area contributed by atoms with Gasteiger partial charge in [-0.25, -0.2) is 0 Å². The molecule has 0 aliphatic heterocycles. The van der Waals surface area contributed by atoms with Crippen molar-refractivity contribution in [1.29, 1.82) is 0 Å². The first kappa shape index (κ1) is 11.0. The predicted octanol–water partition coefficient (Wildman–Crippen LogP) is 1.85. The molecule has 1 saturated carbocycles. The smallest absolute Gasteiger partial charge is 0.00387 e. The number of rotatable bonds is 6. The van der Waals surface area contributed by atoms with Crippen LogP contribution in [0.15, 0.2) is 0 Å². The largest absolute Gasteiger partial charge is 0.330 e. The molecule has 0 aromatic carbocycles. The van der Waals surface area contributed by atoms with Crippen LogP contribution in [0.4, 0.5) is 0 Å². The molecular weight excluding hydrogens is 160 g/mol. The Kier molecular flexibility index (Phi) is 4.74. The van der Waals surface area contributed by atoms with Crippen LogP contribution in [0.1, 0.15) is 39.5 Å². The molecule has 78 valence electrons. The van der Waals surface area contributed by atoms with Crippen LogP contribution in [-0.4, -0.2) is 30.6 Å². The molecule has 0 radical (unpaired) electrons. The first-order valence-electron chi connectivity index (χ1n) is 5.68. The minimum atomic E-state index is 0.687. The summed E-state index contributed by atoms with van der Waals surface area (Å²) in [6.45, 7) is 7.89. The molecule has 0 amide bonds. The summed E-state index contributed by atoms with van der Waals surface area (Å²) in [5.41, 5.74) is 5.53. The Hall–Kier alpha value is -0.0800. The Bertz CT molecular complexity index is 130. The molecule has 0 spiro atoms. The minimum Gasteiger partial charge on any atom is -0.330 e. The summed E-state index contributed by atoms with van der Waals surface area (Å²) in [6.07, 6.45) is 5.50. The zero-order valence-corrected chi connectivity index (χ0v) is 9.13. The van der Waals surface area contributed by atoms with Crippen molar-refractivity contribution in [1.82, 2.24) is 4.90 Å². The molecule has 0 saturated heterocycles. The van der Waals surface area contributed by atoms with Crippen LogP contribution >= 0.6 is 0 Å². The zero-order chi connectivity index (χ0) is 9.68. The highest BCUT2D eigenvalue weighted by Crippen LogP contribution is 2.27. The van der Waals surface area contributed by atoms with Crippen LogP contribution in [0.5, 0.6) is 0 Å². The highest BCUT2D eigenvalue weighted by molar-refractivity contribution is 4.75. The maximum atomic E-state index is 5.53. The second-order valence-electron chi connectivity index (χ2n) is 4.53. The van der Waals surface area contributed by atoms with Gasteiger partial charge in [-0.1, -0.05) is 6.42 Å². The molecule has 13 heavy (non-hydrogen) atoms. The third-order valence-corrected chi connectivity index (χ3v) is 3.10. The van der Waals surface area contributed by atoms with E-state index in [1.54, 1.807) is 0 Å². The zero-order valence-electron chi connectivity index (χ0n) is 9.13. The van der Waals surface area contributed by atoms with Gasteiger partial charge in [-0.2, -0.15) is 0 Å². The lowest BCUT2D eigenvalue weighted by Gasteiger charge is -2.34. The van der Waals surface area contributed by atoms with E-state index in [0.29, 0.717) is 6.04 Å². The summed E-state index contributed by atoms with van der Waals surface area (Å²) >= 11 is 0. The maximum absolute atomic E-state index is 5.53. The molecule has 2 nitrogen and oxygen atoms in total. The Morgan fingerprint density at radius 2 is 2.08 bits per heavy atom. The molecule has 1 aliphatic rings. The number of nitrogens with zero attached hydrogens (tertiary/aromatic N) is 1. The second kappa shape index (κ2) is 5.61. The van der Waals surface area contributed by atoms with E-state index in [9.17, 15) is 0 Å². The van der Waals surface area contributed by atoms with E-state index in [1.165, 1.54) is 32.4 Å². The average Bonchev–Trinajstić information content (AvgIpc) is 2.01. The standard InChI is InChI=1S/C11H24N2/c1-10(2)13(8-4-7-12)9-11-5-3-6-11/h10-11H,3-9,12H2,1-2H3. The Morgan fingerprint density at radius 1 is 1.38 bits per heavy atom. The Labute approximate surface area is 82.5 Å². The van der Waals surface area contributed by atoms with Crippen molar-refractivity contribution in [3.63, 3.8) is 0 Å². The summed E-state index contributed by atoms with van der Waals surface area (Å²) in [5.74, 6) is 0.986. The molecule has 1 fully saturated rings. The maximum Gasteiger partial charge on any atom is 0.00387 e. The van der Waals surface area contributed by atoms with Crippen LogP contribution in [0, 0.1) is 5.92 Å². The summed E-state index contributed by atoms with van der Waals surface area (Å²) in [7, 11) is 0. The van der Waals surface area contributed by atoms with Crippen molar-refractivity contribution >= 4 is 0 Å². The van der Waals surface area contributed by atoms with Crippen LogP contribution in [0.3, 0.4) is 0 Å². The van der Waals surface area contributed by atoms with Gasteiger partial charge in [0.05, 0.1) is 0 Å². The van der Waals surface area contributed by atoms with E-state index < -0.39 is 0 Å². The first-order chi connectivity index (χ1) is 6.24. The molecule has 0 atom stereocenters. The van der Waals surface area contributed by atoms with Crippen molar-refractivity contribution < 1.29 is 0 Å². The van der Waals surface area contributed by atoms with Gasteiger partial charge in [-0.3, -0.25) is 0 Å². The van der Waals surface area contributed by atoms with E-state index >= 15 is 0 Å². The Morgan fingerprint density at radius 3 is 2.46 bits per heavy atom.